The Kier molecular flexibility index (Phi) is 7.82. The molecular weight excluding hydrogens is 210 g/mol. The summed E-state index contributed by atoms with van der Waals surface area (Å²) in [5, 5.41) is 3.21. The minimum Gasteiger partial charge on any atom is -0.320 e. The predicted molar refractivity (Wildman–Crippen MR) is 75.5 cm³/mol. The fourth-order valence-corrected chi connectivity index (χ4v) is 2.87. The molecule has 1 aliphatic rings. The number of nitrogens with zero attached hydrogens (tertiary/aromatic N) is 2. The highest BCUT2D eigenvalue weighted by atomic mass is 15.2. The summed E-state index contributed by atoms with van der Waals surface area (Å²) in [4.78, 5) is 5.27. The molecule has 102 valence electrons. The van der Waals surface area contributed by atoms with Gasteiger partial charge in [0, 0.05) is 12.6 Å². The lowest BCUT2D eigenvalue weighted by atomic mass is 10.2. The summed E-state index contributed by atoms with van der Waals surface area (Å²) in [5.74, 6) is 0. The van der Waals surface area contributed by atoms with E-state index >= 15 is 0 Å². The van der Waals surface area contributed by atoms with E-state index in [-0.39, 0.29) is 0 Å². The smallest absolute Gasteiger partial charge is 0.0235 e. The zero-order valence-corrected chi connectivity index (χ0v) is 12.0. The molecule has 1 N–H and O–H groups in total. The number of nitrogens with one attached hydrogen (secondary N) is 1. The number of unbranched alkanes of at least 4 members (excludes halogenated alkanes) is 2. The molecule has 0 spiro atoms. The SMILES string of the molecule is CCN(CC)C1CCN(CCCCCNC)C1. The molecule has 1 atom stereocenters. The summed E-state index contributed by atoms with van der Waals surface area (Å²) in [7, 11) is 2.04. The second kappa shape index (κ2) is 8.90. The molecule has 0 radical (unpaired) electrons. The molecule has 17 heavy (non-hydrogen) atoms. The molecule has 3 nitrogen and oxygen atoms in total. The van der Waals surface area contributed by atoms with Crippen molar-refractivity contribution in [3.8, 4) is 0 Å². The quantitative estimate of drug-likeness (QED) is 0.621. The van der Waals surface area contributed by atoms with Crippen LogP contribution in [-0.2, 0) is 0 Å². The van der Waals surface area contributed by atoms with Gasteiger partial charge in [0.25, 0.3) is 0 Å². The molecule has 0 amide bonds. The van der Waals surface area contributed by atoms with Gasteiger partial charge in [0.2, 0.25) is 0 Å². The Morgan fingerprint density at radius 1 is 1.18 bits per heavy atom. The highest BCUT2D eigenvalue weighted by Gasteiger charge is 2.25. The first kappa shape index (κ1) is 14.9. The van der Waals surface area contributed by atoms with Crippen molar-refractivity contribution in [1.29, 1.82) is 0 Å². The van der Waals surface area contributed by atoms with Crippen LogP contribution in [-0.4, -0.2) is 62.2 Å². The summed E-state index contributed by atoms with van der Waals surface area (Å²) in [6, 6.07) is 0.822. The van der Waals surface area contributed by atoms with Crippen LogP contribution in [0.5, 0.6) is 0 Å². The summed E-state index contributed by atoms with van der Waals surface area (Å²) in [6.07, 6.45) is 5.43. The lowest BCUT2D eigenvalue weighted by molar-refractivity contribution is 0.210. The Hall–Kier alpha value is -0.120. The van der Waals surface area contributed by atoms with E-state index in [9.17, 15) is 0 Å². The Morgan fingerprint density at radius 2 is 1.94 bits per heavy atom. The van der Waals surface area contributed by atoms with Crippen LogP contribution in [0.2, 0.25) is 0 Å². The Labute approximate surface area is 108 Å². The second-order valence-corrected chi connectivity index (χ2v) is 5.13. The van der Waals surface area contributed by atoms with E-state index in [0.717, 1.165) is 6.04 Å². The van der Waals surface area contributed by atoms with Crippen LogP contribution in [0, 0.1) is 0 Å². The van der Waals surface area contributed by atoms with Gasteiger partial charge in [0.15, 0.2) is 0 Å². The molecule has 0 aromatic heterocycles. The molecule has 0 bridgehead atoms. The van der Waals surface area contributed by atoms with Gasteiger partial charge in [-0.3, -0.25) is 4.90 Å². The van der Waals surface area contributed by atoms with Crippen molar-refractivity contribution in [3.05, 3.63) is 0 Å². The van der Waals surface area contributed by atoms with Gasteiger partial charge in [-0.05, 0) is 59.0 Å². The third kappa shape index (κ3) is 5.36. The van der Waals surface area contributed by atoms with Gasteiger partial charge in [-0.2, -0.15) is 0 Å². The van der Waals surface area contributed by atoms with E-state index in [2.05, 4.69) is 29.0 Å². The van der Waals surface area contributed by atoms with Crippen LogP contribution in [0.1, 0.15) is 39.5 Å². The van der Waals surface area contributed by atoms with Crippen molar-refractivity contribution in [1.82, 2.24) is 15.1 Å². The molecule has 1 heterocycles. The maximum absolute atomic E-state index is 3.21. The average Bonchev–Trinajstić information content (AvgIpc) is 2.79. The van der Waals surface area contributed by atoms with Crippen molar-refractivity contribution in [3.63, 3.8) is 0 Å². The first-order valence-corrected chi connectivity index (χ1v) is 7.42. The Balaban J connectivity index is 2.09. The predicted octanol–water partition coefficient (Wildman–Crippen LogP) is 1.79. The summed E-state index contributed by atoms with van der Waals surface area (Å²) in [6.45, 7) is 12.1. The van der Waals surface area contributed by atoms with Gasteiger partial charge in [-0.15, -0.1) is 0 Å². The van der Waals surface area contributed by atoms with Crippen molar-refractivity contribution in [2.75, 3.05) is 46.3 Å². The average molecular weight is 241 g/mol. The van der Waals surface area contributed by atoms with Crippen LogP contribution in [0.25, 0.3) is 0 Å². The van der Waals surface area contributed by atoms with E-state index in [4.69, 9.17) is 0 Å². The zero-order chi connectivity index (χ0) is 12.5. The fourth-order valence-electron chi connectivity index (χ4n) is 2.87. The highest BCUT2D eigenvalue weighted by molar-refractivity contribution is 4.82. The van der Waals surface area contributed by atoms with Gasteiger partial charge in [-0.1, -0.05) is 20.3 Å². The molecule has 1 fully saturated rings. The van der Waals surface area contributed by atoms with E-state index in [1.165, 1.54) is 65.0 Å². The first-order valence-electron chi connectivity index (χ1n) is 7.42. The largest absolute Gasteiger partial charge is 0.320 e. The number of hydrogen-bond acceptors (Lipinski definition) is 3. The minimum absolute atomic E-state index is 0.822. The molecule has 1 unspecified atom stereocenters. The van der Waals surface area contributed by atoms with Crippen LogP contribution in [0.15, 0.2) is 0 Å². The molecule has 3 heteroatoms. The summed E-state index contributed by atoms with van der Waals surface area (Å²) in [5.41, 5.74) is 0. The van der Waals surface area contributed by atoms with Crippen LogP contribution < -0.4 is 5.32 Å². The monoisotopic (exact) mass is 241 g/mol. The zero-order valence-electron chi connectivity index (χ0n) is 12.0. The molecule has 1 aliphatic heterocycles. The van der Waals surface area contributed by atoms with Crippen LogP contribution in [0.4, 0.5) is 0 Å². The molecular formula is C14H31N3. The van der Waals surface area contributed by atoms with E-state index < -0.39 is 0 Å². The van der Waals surface area contributed by atoms with Crippen molar-refractivity contribution >= 4 is 0 Å². The standard InChI is InChI=1S/C14H31N3/c1-4-17(5-2)14-9-12-16(13-14)11-8-6-7-10-15-3/h14-15H,4-13H2,1-3H3. The van der Waals surface area contributed by atoms with Crippen LogP contribution in [0.3, 0.4) is 0 Å². The number of likely N-dealkylation sites (tertiary alicyclic amines) is 1. The number of rotatable bonds is 9. The lowest BCUT2D eigenvalue weighted by Crippen LogP contribution is -2.37. The Morgan fingerprint density at radius 3 is 2.59 bits per heavy atom. The number of hydrogen-bond donors (Lipinski definition) is 1. The summed E-state index contributed by atoms with van der Waals surface area (Å²) < 4.78 is 0. The fraction of sp³-hybridized carbons (Fsp3) is 1.00. The van der Waals surface area contributed by atoms with E-state index in [0.29, 0.717) is 0 Å². The van der Waals surface area contributed by atoms with Crippen LogP contribution >= 0.6 is 0 Å². The van der Waals surface area contributed by atoms with E-state index in [1.807, 2.05) is 7.05 Å². The van der Waals surface area contributed by atoms with Crippen molar-refractivity contribution in [2.24, 2.45) is 0 Å². The van der Waals surface area contributed by atoms with Gasteiger partial charge >= 0.3 is 0 Å². The molecule has 1 rings (SSSR count). The van der Waals surface area contributed by atoms with Gasteiger partial charge in [0.05, 0.1) is 0 Å². The van der Waals surface area contributed by atoms with Gasteiger partial charge < -0.3 is 10.2 Å². The third-order valence-electron chi connectivity index (χ3n) is 3.98. The molecule has 0 saturated carbocycles. The van der Waals surface area contributed by atoms with Crippen molar-refractivity contribution in [2.45, 2.75) is 45.6 Å². The number of likely N-dealkylation sites (N-methyl/N-ethyl adjacent to an activating group) is 1. The third-order valence-corrected chi connectivity index (χ3v) is 3.98. The maximum atomic E-state index is 3.21. The highest BCUT2D eigenvalue weighted by Crippen LogP contribution is 2.15. The topological polar surface area (TPSA) is 18.5 Å². The molecule has 1 saturated heterocycles. The van der Waals surface area contributed by atoms with Gasteiger partial charge in [-0.25, -0.2) is 0 Å². The maximum Gasteiger partial charge on any atom is 0.0235 e. The van der Waals surface area contributed by atoms with E-state index in [1.54, 1.807) is 0 Å². The first-order chi connectivity index (χ1) is 8.31. The molecule has 0 aromatic rings. The molecule has 0 aromatic carbocycles. The van der Waals surface area contributed by atoms with Crippen molar-refractivity contribution < 1.29 is 0 Å². The van der Waals surface area contributed by atoms with Gasteiger partial charge in [0.1, 0.15) is 0 Å². The minimum atomic E-state index is 0.822. The Bertz CT molecular complexity index is 180. The lowest BCUT2D eigenvalue weighted by Gasteiger charge is -2.26. The normalized spacial score (nSPS) is 21.5. The summed E-state index contributed by atoms with van der Waals surface area (Å²) >= 11 is 0. The second-order valence-electron chi connectivity index (χ2n) is 5.13. The molecule has 0 aliphatic carbocycles.